The Morgan fingerprint density at radius 3 is 2.81 bits per heavy atom. The number of methoxy groups -OCH3 is 1. The van der Waals surface area contributed by atoms with Crippen molar-refractivity contribution in [3.05, 3.63) is 0 Å². The summed E-state index contributed by atoms with van der Waals surface area (Å²) in [6, 6.07) is 0.205. The van der Waals surface area contributed by atoms with Gasteiger partial charge in [-0.15, -0.1) is 0 Å². The molecule has 0 aromatic heterocycles. The Labute approximate surface area is 96.3 Å². The zero-order valence-electron chi connectivity index (χ0n) is 10.2. The van der Waals surface area contributed by atoms with Crippen LogP contribution < -0.4 is 0 Å². The summed E-state index contributed by atoms with van der Waals surface area (Å²) in [5.74, 6) is -1.20. The summed E-state index contributed by atoms with van der Waals surface area (Å²) in [4.78, 5) is 13.1. The van der Waals surface area contributed by atoms with Gasteiger partial charge in [0.1, 0.15) is 0 Å². The lowest BCUT2D eigenvalue weighted by atomic mass is 10.0. The topological polar surface area (TPSA) is 59.0 Å². The SMILES string of the molecule is CCC(COC)N(C)C1COCC1C(=O)O. The summed E-state index contributed by atoms with van der Waals surface area (Å²) in [6.45, 7) is 3.50. The minimum absolute atomic E-state index is 0.0439. The number of carboxylic acid groups (broad SMARTS) is 1. The van der Waals surface area contributed by atoms with Crippen molar-refractivity contribution < 1.29 is 19.4 Å². The fourth-order valence-electron chi connectivity index (χ4n) is 2.17. The largest absolute Gasteiger partial charge is 0.481 e. The number of likely N-dealkylation sites (N-methyl/N-ethyl adjacent to an activating group) is 1. The number of hydrogen-bond donors (Lipinski definition) is 1. The Hall–Kier alpha value is -0.650. The van der Waals surface area contributed by atoms with E-state index in [0.29, 0.717) is 19.8 Å². The highest BCUT2D eigenvalue weighted by atomic mass is 16.5. The Morgan fingerprint density at radius 2 is 2.31 bits per heavy atom. The molecule has 94 valence electrons. The maximum absolute atomic E-state index is 11.0. The van der Waals surface area contributed by atoms with Crippen LogP contribution in [0, 0.1) is 5.92 Å². The number of nitrogens with zero attached hydrogens (tertiary/aromatic N) is 1. The minimum Gasteiger partial charge on any atom is -0.481 e. The Morgan fingerprint density at radius 1 is 1.62 bits per heavy atom. The van der Waals surface area contributed by atoms with E-state index in [0.717, 1.165) is 6.42 Å². The Balaban J connectivity index is 2.63. The van der Waals surface area contributed by atoms with Crippen LogP contribution in [0.5, 0.6) is 0 Å². The van der Waals surface area contributed by atoms with Crippen molar-refractivity contribution in [2.24, 2.45) is 5.92 Å². The highest BCUT2D eigenvalue weighted by Crippen LogP contribution is 2.21. The van der Waals surface area contributed by atoms with E-state index in [1.54, 1.807) is 7.11 Å². The van der Waals surface area contributed by atoms with Gasteiger partial charge in [0, 0.05) is 19.2 Å². The number of hydrogen-bond acceptors (Lipinski definition) is 4. The summed E-state index contributed by atoms with van der Waals surface area (Å²) in [5.41, 5.74) is 0. The summed E-state index contributed by atoms with van der Waals surface area (Å²) >= 11 is 0. The molecule has 1 rings (SSSR count). The van der Waals surface area contributed by atoms with E-state index in [9.17, 15) is 4.79 Å². The quantitative estimate of drug-likeness (QED) is 0.719. The highest BCUT2D eigenvalue weighted by molar-refractivity contribution is 5.71. The van der Waals surface area contributed by atoms with Gasteiger partial charge < -0.3 is 14.6 Å². The zero-order chi connectivity index (χ0) is 12.1. The molecule has 0 saturated carbocycles. The lowest BCUT2D eigenvalue weighted by Gasteiger charge is -2.33. The van der Waals surface area contributed by atoms with E-state index in [1.165, 1.54) is 0 Å². The molecule has 0 aromatic rings. The van der Waals surface area contributed by atoms with Crippen LogP contribution in [0.25, 0.3) is 0 Å². The lowest BCUT2D eigenvalue weighted by Crippen LogP contribution is -2.47. The predicted molar refractivity (Wildman–Crippen MR) is 59.5 cm³/mol. The monoisotopic (exact) mass is 231 g/mol. The number of rotatable bonds is 6. The summed E-state index contributed by atoms with van der Waals surface area (Å²) in [7, 11) is 3.61. The van der Waals surface area contributed by atoms with Gasteiger partial charge in [-0.25, -0.2) is 0 Å². The minimum atomic E-state index is -0.776. The van der Waals surface area contributed by atoms with Crippen LogP contribution in [0.1, 0.15) is 13.3 Å². The maximum atomic E-state index is 11.0. The normalized spacial score (nSPS) is 27.2. The van der Waals surface area contributed by atoms with E-state index in [1.807, 2.05) is 7.05 Å². The van der Waals surface area contributed by atoms with Crippen molar-refractivity contribution in [1.82, 2.24) is 4.90 Å². The first-order chi connectivity index (χ1) is 7.61. The molecule has 0 aliphatic carbocycles. The second-order valence-electron chi connectivity index (χ2n) is 4.23. The van der Waals surface area contributed by atoms with Crippen LogP contribution in [0.4, 0.5) is 0 Å². The number of aliphatic carboxylic acids is 1. The first-order valence-electron chi connectivity index (χ1n) is 5.63. The van der Waals surface area contributed by atoms with E-state index in [2.05, 4.69) is 11.8 Å². The molecule has 1 aliphatic heterocycles. The van der Waals surface area contributed by atoms with Gasteiger partial charge >= 0.3 is 5.97 Å². The van der Waals surface area contributed by atoms with Crippen molar-refractivity contribution in [2.75, 3.05) is 34.0 Å². The van der Waals surface area contributed by atoms with Crippen LogP contribution in [0.15, 0.2) is 0 Å². The van der Waals surface area contributed by atoms with Gasteiger partial charge in [-0.1, -0.05) is 6.92 Å². The van der Waals surface area contributed by atoms with Crippen molar-refractivity contribution in [1.29, 1.82) is 0 Å². The molecule has 5 nitrogen and oxygen atoms in total. The average Bonchev–Trinajstić information content (AvgIpc) is 2.73. The van der Waals surface area contributed by atoms with Crippen LogP contribution in [0.2, 0.25) is 0 Å². The van der Waals surface area contributed by atoms with E-state index in [4.69, 9.17) is 14.6 Å². The second kappa shape index (κ2) is 6.18. The molecule has 0 bridgehead atoms. The number of ether oxygens (including phenoxy) is 2. The third-order valence-corrected chi connectivity index (χ3v) is 3.30. The third-order valence-electron chi connectivity index (χ3n) is 3.30. The Kier molecular flexibility index (Phi) is 5.18. The fourth-order valence-corrected chi connectivity index (χ4v) is 2.17. The van der Waals surface area contributed by atoms with Crippen molar-refractivity contribution in [3.8, 4) is 0 Å². The molecule has 0 amide bonds. The maximum Gasteiger partial charge on any atom is 0.310 e. The highest BCUT2D eigenvalue weighted by Gasteiger charge is 2.38. The zero-order valence-corrected chi connectivity index (χ0v) is 10.2. The molecule has 1 heterocycles. The third kappa shape index (κ3) is 2.93. The molecule has 5 heteroatoms. The smallest absolute Gasteiger partial charge is 0.310 e. The number of carbonyl (C=O) groups is 1. The molecule has 1 fully saturated rings. The Bertz CT molecular complexity index is 234. The molecule has 1 saturated heterocycles. The molecule has 3 unspecified atom stereocenters. The molecule has 16 heavy (non-hydrogen) atoms. The van der Waals surface area contributed by atoms with Gasteiger partial charge in [0.15, 0.2) is 0 Å². The van der Waals surface area contributed by atoms with Gasteiger partial charge in [0.05, 0.1) is 25.7 Å². The van der Waals surface area contributed by atoms with Crippen LogP contribution in [0.3, 0.4) is 0 Å². The van der Waals surface area contributed by atoms with E-state index in [-0.39, 0.29) is 12.1 Å². The molecule has 1 aliphatic rings. The van der Waals surface area contributed by atoms with E-state index >= 15 is 0 Å². The average molecular weight is 231 g/mol. The molecular weight excluding hydrogens is 210 g/mol. The van der Waals surface area contributed by atoms with Gasteiger partial charge in [0.25, 0.3) is 0 Å². The van der Waals surface area contributed by atoms with Crippen LogP contribution >= 0.6 is 0 Å². The molecule has 0 spiro atoms. The lowest BCUT2D eigenvalue weighted by molar-refractivity contribution is -0.143. The van der Waals surface area contributed by atoms with Gasteiger partial charge in [-0.2, -0.15) is 0 Å². The summed E-state index contributed by atoms with van der Waals surface area (Å²) in [5, 5.41) is 9.08. The molecule has 0 aromatic carbocycles. The molecule has 3 atom stereocenters. The fraction of sp³-hybridized carbons (Fsp3) is 0.909. The van der Waals surface area contributed by atoms with Crippen LogP contribution in [-0.4, -0.2) is 62.0 Å². The summed E-state index contributed by atoms with van der Waals surface area (Å²) < 4.78 is 10.4. The van der Waals surface area contributed by atoms with Gasteiger partial charge in [-0.3, -0.25) is 9.69 Å². The van der Waals surface area contributed by atoms with Crippen LogP contribution in [-0.2, 0) is 14.3 Å². The standard InChI is InChI=1S/C11H21NO4/c1-4-8(5-15-3)12(2)10-7-16-6-9(10)11(13)14/h8-10H,4-7H2,1-3H3,(H,13,14). The number of carboxylic acids is 1. The first kappa shape index (κ1) is 13.4. The molecule has 1 N–H and O–H groups in total. The molecular formula is C11H21NO4. The van der Waals surface area contributed by atoms with Crippen molar-refractivity contribution >= 4 is 5.97 Å². The van der Waals surface area contributed by atoms with E-state index < -0.39 is 11.9 Å². The van der Waals surface area contributed by atoms with Crippen molar-refractivity contribution in [2.45, 2.75) is 25.4 Å². The second-order valence-corrected chi connectivity index (χ2v) is 4.23. The van der Waals surface area contributed by atoms with Gasteiger partial charge in [0.2, 0.25) is 0 Å². The molecule has 0 radical (unpaired) electrons. The predicted octanol–water partition coefficient (Wildman–Crippen LogP) is 0.443. The van der Waals surface area contributed by atoms with Crippen molar-refractivity contribution in [3.63, 3.8) is 0 Å². The first-order valence-corrected chi connectivity index (χ1v) is 5.63. The van der Waals surface area contributed by atoms with Gasteiger partial charge in [-0.05, 0) is 13.5 Å². The summed E-state index contributed by atoms with van der Waals surface area (Å²) in [6.07, 6.45) is 0.938.